The Balaban J connectivity index is 1.73. The predicted molar refractivity (Wildman–Crippen MR) is 127 cm³/mol. The first-order valence-corrected chi connectivity index (χ1v) is 11.2. The number of rotatable bonds is 5. The molecule has 0 radical (unpaired) electrons. The predicted octanol–water partition coefficient (Wildman–Crippen LogP) is 4.60. The van der Waals surface area contributed by atoms with Crippen molar-refractivity contribution in [2.24, 2.45) is 10.7 Å². The van der Waals surface area contributed by atoms with Crippen LogP contribution in [0.5, 0.6) is 11.5 Å². The minimum Gasteiger partial charge on any atom is -0.452 e. The second kappa shape index (κ2) is 9.16. The van der Waals surface area contributed by atoms with Gasteiger partial charge in [-0.2, -0.15) is 8.78 Å². The first-order valence-electron chi connectivity index (χ1n) is 11.2. The van der Waals surface area contributed by atoms with Crippen LogP contribution in [0.25, 0.3) is 16.7 Å². The number of hydrogen-bond donors (Lipinski definition) is 1. The molecule has 4 heterocycles. The fraction of sp³-hybridized carbons (Fsp3) is 0.269. The number of aliphatic imine (C=N–C) groups is 1. The summed E-state index contributed by atoms with van der Waals surface area (Å²) in [6, 6.07) is 10.2. The Labute approximate surface area is 201 Å². The van der Waals surface area contributed by atoms with E-state index in [1.54, 1.807) is 36.4 Å². The molecule has 0 spiro atoms. The number of nitrogens with zero attached hydrogens (tertiary/aromatic N) is 3. The van der Waals surface area contributed by atoms with Gasteiger partial charge in [0.25, 0.3) is 5.95 Å². The summed E-state index contributed by atoms with van der Waals surface area (Å²) in [7, 11) is 1.51. The van der Waals surface area contributed by atoms with E-state index in [0.717, 1.165) is 5.57 Å². The average molecular weight is 478 g/mol. The molecule has 0 aliphatic carbocycles. The molecule has 3 aromatic rings. The van der Waals surface area contributed by atoms with Crippen LogP contribution in [0.4, 0.5) is 8.78 Å². The van der Waals surface area contributed by atoms with Gasteiger partial charge < -0.3 is 19.9 Å². The van der Waals surface area contributed by atoms with Crippen LogP contribution in [-0.4, -0.2) is 42.7 Å². The lowest BCUT2D eigenvalue weighted by molar-refractivity contribution is 0.164. The number of amidine groups is 1. The number of aromatic nitrogens is 2. The number of fused-ring (bicyclic) bond motifs is 2. The van der Waals surface area contributed by atoms with Crippen LogP contribution in [-0.2, 0) is 15.0 Å². The summed E-state index contributed by atoms with van der Waals surface area (Å²) in [6.45, 7) is 2.83. The van der Waals surface area contributed by atoms with Crippen molar-refractivity contribution in [1.29, 1.82) is 0 Å². The lowest BCUT2D eigenvalue weighted by Gasteiger charge is -2.35. The zero-order valence-corrected chi connectivity index (χ0v) is 19.3. The number of halogens is 2. The Morgan fingerprint density at radius 3 is 2.80 bits per heavy atom. The molecule has 7 nitrogen and oxygen atoms in total. The van der Waals surface area contributed by atoms with Gasteiger partial charge in [0.15, 0.2) is 5.75 Å². The Morgan fingerprint density at radius 1 is 1.20 bits per heavy atom. The average Bonchev–Trinajstić information content (AvgIpc) is 2.86. The van der Waals surface area contributed by atoms with E-state index in [9.17, 15) is 4.39 Å². The molecule has 1 atom stereocenters. The lowest BCUT2D eigenvalue weighted by Crippen LogP contribution is -2.32. The van der Waals surface area contributed by atoms with Crippen LogP contribution >= 0.6 is 0 Å². The largest absolute Gasteiger partial charge is 0.452 e. The quantitative estimate of drug-likeness (QED) is 0.327. The van der Waals surface area contributed by atoms with E-state index in [1.807, 2.05) is 13.0 Å². The number of hydrogen-bond acceptors (Lipinski definition) is 6. The van der Waals surface area contributed by atoms with Gasteiger partial charge in [-0.15, -0.1) is 0 Å². The van der Waals surface area contributed by atoms with Crippen LogP contribution in [0.2, 0.25) is 0 Å². The zero-order chi connectivity index (χ0) is 24.6. The van der Waals surface area contributed by atoms with Gasteiger partial charge >= 0.3 is 0 Å². The van der Waals surface area contributed by atoms with Crippen molar-refractivity contribution in [1.82, 2.24) is 9.97 Å². The molecule has 0 bridgehead atoms. The molecule has 0 fully saturated rings. The first-order chi connectivity index (χ1) is 16.9. The van der Waals surface area contributed by atoms with Gasteiger partial charge in [-0.1, -0.05) is 12.1 Å². The summed E-state index contributed by atoms with van der Waals surface area (Å²) in [5, 5.41) is 0. The van der Waals surface area contributed by atoms with E-state index in [2.05, 4.69) is 9.97 Å². The third-order valence-corrected chi connectivity index (χ3v) is 6.14. The van der Waals surface area contributed by atoms with Crippen molar-refractivity contribution in [3.8, 4) is 22.6 Å². The standard InChI is InChI=1S/C26H24F2N4O3/c1-26(32-22(29)14-33-2)18-11-15(17-6-3-9-30-24(17)27)7-8-21(18)35-23-19(26)12-20(31-25(23)28)16-5-4-10-34-13-16/h3,5-9,11-12H,4,10,13-14H2,1-2H3,(H2,29,32)/t26-/m0/s1. The van der Waals surface area contributed by atoms with Gasteiger partial charge in [-0.3, -0.25) is 4.99 Å². The van der Waals surface area contributed by atoms with Crippen LogP contribution in [0.3, 0.4) is 0 Å². The van der Waals surface area contributed by atoms with E-state index in [4.69, 9.17) is 24.9 Å². The smallest absolute Gasteiger partial charge is 0.256 e. The minimum absolute atomic E-state index is 0.0321. The van der Waals surface area contributed by atoms with Crippen LogP contribution < -0.4 is 10.5 Å². The SMILES string of the molecule is COC/C(N)=N\[C@@]1(C)c2cc(-c3cccnc3F)ccc2Oc2c1cc(C1=CCCOC1)nc2F. The Bertz CT molecular complexity index is 1360. The first kappa shape index (κ1) is 23.1. The van der Waals surface area contributed by atoms with Gasteiger partial charge in [-0.05, 0) is 54.8 Å². The topological polar surface area (TPSA) is 91.9 Å². The van der Waals surface area contributed by atoms with Gasteiger partial charge in [-0.25, -0.2) is 9.97 Å². The highest BCUT2D eigenvalue weighted by Gasteiger charge is 2.41. The second-order valence-corrected chi connectivity index (χ2v) is 8.51. The Morgan fingerprint density at radius 2 is 2.06 bits per heavy atom. The fourth-order valence-electron chi connectivity index (χ4n) is 4.47. The highest BCUT2D eigenvalue weighted by molar-refractivity contribution is 5.83. The van der Waals surface area contributed by atoms with Crippen LogP contribution in [0.15, 0.2) is 53.7 Å². The van der Waals surface area contributed by atoms with E-state index < -0.39 is 17.4 Å². The minimum atomic E-state index is -1.17. The number of ether oxygens (including phenoxy) is 3. The molecule has 0 unspecified atom stereocenters. The highest BCUT2D eigenvalue weighted by atomic mass is 19.1. The molecular formula is C26H24F2N4O3. The molecule has 2 aromatic heterocycles. The Kier molecular flexibility index (Phi) is 6.04. The van der Waals surface area contributed by atoms with E-state index in [1.165, 1.54) is 13.3 Å². The molecule has 2 aliphatic rings. The molecule has 0 saturated carbocycles. The Hall–Kier alpha value is -3.69. The van der Waals surface area contributed by atoms with E-state index in [-0.39, 0.29) is 18.2 Å². The fourth-order valence-corrected chi connectivity index (χ4v) is 4.47. The van der Waals surface area contributed by atoms with Crippen molar-refractivity contribution in [3.63, 3.8) is 0 Å². The molecule has 9 heteroatoms. The summed E-state index contributed by atoms with van der Waals surface area (Å²) in [5.74, 6) is -0.809. The van der Waals surface area contributed by atoms with Crippen LogP contribution in [0, 0.1) is 11.9 Å². The molecule has 35 heavy (non-hydrogen) atoms. The monoisotopic (exact) mass is 478 g/mol. The molecule has 1 aromatic carbocycles. The number of pyridine rings is 2. The zero-order valence-electron chi connectivity index (χ0n) is 19.3. The highest BCUT2D eigenvalue weighted by Crippen LogP contribution is 2.51. The maximum absolute atomic E-state index is 15.3. The van der Waals surface area contributed by atoms with E-state index >= 15 is 4.39 Å². The number of benzene rings is 1. The van der Waals surface area contributed by atoms with Gasteiger partial charge in [0.2, 0.25) is 5.95 Å². The summed E-state index contributed by atoms with van der Waals surface area (Å²) in [6.07, 6.45) is 4.08. The van der Waals surface area contributed by atoms with Crippen molar-refractivity contribution in [3.05, 3.63) is 77.4 Å². The van der Waals surface area contributed by atoms with Crippen LogP contribution in [0.1, 0.15) is 30.2 Å². The number of nitrogens with two attached hydrogens (primary N) is 1. The van der Waals surface area contributed by atoms with Gasteiger partial charge in [0, 0.05) is 30.0 Å². The lowest BCUT2D eigenvalue weighted by atomic mass is 9.80. The summed E-state index contributed by atoms with van der Waals surface area (Å²) in [4.78, 5) is 12.6. The summed E-state index contributed by atoms with van der Waals surface area (Å²) in [5.41, 5.74) is 8.17. The molecule has 2 N–H and O–H groups in total. The summed E-state index contributed by atoms with van der Waals surface area (Å²) < 4.78 is 46.5. The normalized spacial score (nSPS) is 19.4. The van der Waals surface area contributed by atoms with Gasteiger partial charge in [0.05, 0.1) is 18.9 Å². The van der Waals surface area contributed by atoms with Crippen molar-refractivity contribution < 1.29 is 23.0 Å². The number of methoxy groups -OCH3 is 1. The third-order valence-electron chi connectivity index (χ3n) is 6.14. The van der Waals surface area contributed by atoms with Gasteiger partial charge in [0.1, 0.15) is 23.7 Å². The molecule has 180 valence electrons. The maximum Gasteiger partial charge on any atom is 0.256 e. The maximum atomic E-state index is 15.3. The second-order valence-electron chi connectivity index (χ2n) is 8.51. The van der Waals surface area contributed by atoms with E-state index in [0.29, 0.717) is 53.3 Å². The van der Waals surface area contributed by atoms with Crippen molar-refractivity contribution >= 4 is 11.4 Å². The molecule has 5 rings (SSSR count). The molecular weight excluding hydrogens is 454 g/mol. The molecule has 0 saturated heterocycles. The summed E-state index contributed by atoms with van der Waals surface area (Å²) >= 11 is 0. The third kappa shape index (κ3) is 4.17. The molecule has 2 aliphatic heterocycles. The van der Waals surface area contributed by atoms with Crippen molar-refractivity contribution in [2.75, 3.05) is 26.9 Å². The van der Waals surface area contributed by atoms with Crippen molar-refractivity contribution in [2.45, 2.75) is 18.9 Å². The molecule has 0 amide bonds.